The molecule has 0 rings (SSSR count). The van der Waals surface area contributed by atoms with Gasteiger partial charge in [0, 0.05) is 20.5 Å². The molecule has 4 N–H and O–H groups in total. The van der Waals surface area contributed by atoms with Crippen molar-refractivity contribution in [3.63, 3.8) is 0 Å². The van der Waals surface area contributed by atoms with E-state index >= 15 is 0 Å². The summed E-state index contributed by atoms with van der Waals surface area (Å²) in [5.74, 6) is -3.11. The number of hydrogen-bond acceptors (Lipinski definition) is 5. The molecule has 96 valence electrons. The Hall–Kier alpha value is -0.504. The second kappa shape index (κ2) is 29.6. The first kappa shape index (κ1) is 30.0. The van der Waals surface area contributed by atoms with Crippen LogP contribution < -0.4 is 0 Å². The van der Waals surface area contributed by atoms with Gasteiger partial charge in [0.2, 0.25) is 0 Å². The summed E-state index contributed by atoms with van der Waals surface area (Å²) in [4.78, 5) is 27.0. The van der Waals surface area contributed by atoms with Crippen LogP contribution in [0, 0.1) is 11.3 Å². The number of carboxylic acids is 3. The number of rotatable bonds is 0. The van der Waals surface area contributed by atoms with Crippen LogP contribution in [0.5, 0.6) is 0 Å². The SMILES string of the molecule is CC(=O)O.CC(=O)O.CCO.N#CC(=O)O.[KH]. The van der Waals surface area contributed by atoms with Crippen LogP contribution >= 0.6 is 0 Å². The Labute approximate surface area is 141 Å². The summed E-state index contributed by atoms with van der Waals surface area (Å²) in [6.45, 7) is 4.10. The monoisotopic (exact) mass is 277 g/mol. The molecule has 0 saturated heterocycles. The van der Waals surface area contributed by atoms with Gasteiger partial charge in [0.25, 0.3) is 11.9 Å². The normalized spacial score (nSPS) is 5.59. The standard InChI is InChI=1S/C2HNO2.2C2H4O2.C2H6O.K.H/c3-1-2(4)5;2*1-2(3)4;1-2-3;;/h(H,4,5);2*1H3,(H,3,4);3H,2H2,1H3;;. The minimum atomic E-state index is -1.44. The van der Waals surface area contributed by atoms with E-state index < -0.39 is 17.9 Å². The molecule has 0 saturated carbocycles. The van der Waals surface area contributed by atoms with Crippen molar-refractivity contribution in [1.82, 2.24) is 0 Å². The van der Waals surface area contributed by atoms with Gasteiger partial charge in [0.15, 0.2) is 6.07 Å². The molecule has 0 aliphatic rings. The van der Waals surface area contributed by atoms with Crippen LogP contribution in [0.15, 0.2) is 0 Å². The second-order valence-corrected chi connectivity index (χ2v) is 1.77. The molecule has 17 heavy (non-hydrogen) atoms. The average Bonchev–Trinajstić information content (AvgIpc) is 2.03. The third kappa shape index (κ3) is 1260. The molecule has 0 unspecified atom stereocenters. The summed E-state index contributed by atoms with van der Waals surface area (Å²) >= 11 is 0. The van der Waals surface area contributed by atoms with E-state index in [-0.39, 0.29) is 58.0 Å². The number of hydrogen-bond donors (Lipinski definition) is 4. The minimum absolute atomic E-state index is 0. The zero-order valence-corrected chi connectivity index (χ0v) is 9.17. The first-order valence-corrected chi connectivity index (χ1v) is 3.78. The van der Waals surface area contributed by atoms with Gasteiger partial charge in [-0.25, -0.2) is 4.79 Å². The van der Waals surface area contributed by atoms with Gasteiger partial charge in [-0.05, 0) is 6.92 Å². The zero-order valence-electron chi connectivity index (χ0n) is 9.17. The number of aliphatic hydroxyl groups excluding tert-OH is 1. The molecule has 0 heterocycles. The topological polar surface area (TPSA) is 156 Å². The maximum absolute atomic E-state index is 9.01. The van der Waals surface area contributed by atoms with Crippen LogP contribution in [-0.4, -0.2) is 96.3 Å². The van der Waals surface area contributed by atoms with Crippen molar-refractivity contribution < 1.29 is 34.8 Å². The maximum atomic E-state index is 9.01. The molecule has 0 bridgehead atoms. The molecule has 0 aromatic heterocycles. The third-order valence-corrected chi connectivity index (χ3v) is 0.0956. The Bertz CT molecular complexity index is 217. The molecule has 0 amide bonds. The van der Waals surface area contributed by atoms with Crippen LogP contribution in [0.1, 0.15) is 20.8 Å². The Kier molecular flexibility index (Phi) is 52.1. The predicted molar refractivity (Wildman–Crippen MR) is 59.8 cm³/mol. The van der Waals surface area contributed by atoms with E-state index in [2.05, 4.69) is 0 Å². The number of aliphatic carboxylic acids is 3. The van der Waals surface area contributed by atoms with Gasteiger partial charge in [-0.1, -0.05) is 0 Å². The molecule has 0 radical (unpaired) electrons. The first-order valence-electron chi connectivity index (χ1n) is 3.78. The van der Waals surface area contributed by atoms with E-state index in [1.807, 2.05) is 0 Å². The fraction of sp³-hybridized carbons (Fsp3) is 0.500. The summed E-state index contributed by atoms with van der Waals surface area (Å²) in [6, 6.07) is 0.944. The molecule has 0 spiro atoms. The van der Waals surface area contributed by atoms with Crippen molar-refractivity contribution in [3.8, 4) is 6.07 Å². The second-order valence-electron chi connectivity index (χ2n) is 1.77. The van der Waals surface area contributed by atoms with E-state index in [1.165, 1.54) is 0 Å². The van der Waals surface area contributed by atoms with Crippen molar-refractivity contribution in [2.45, 2.75) is 20.8 Å². The van der Waals surface area contributed by atoms with Crippen molar-refractivity contribution in [1.29, 1.82) is 5.26 Å². The van der Waals surface area contributed by atoms with E-state index in [9.17, 15) is 0 Å². The number of nitriles is 1. The van der Waals surface area contributed by atoms with Gasteiger partial charge in [-0.3, -0.25) is 9.59 Å². The number of carboxylic acid groups (broad SMARTS) is 3. The molecule has 0 fully saturated rings. The number of aliphatic hydroxyl groups is 1. The van der Waals surface area contributed by atoms with Gasteiger partial charge in [0.1, 0.15) is 0 Å². The van der Waals surface area contributed by atoms with Crippen LogP contribution in [0.4, 0.5) is 0 Å². The molecular formula is C8H16KNO7. The first-order chi connectivity index (χ1) is 7.15. The van der Waals surface area contributed by atoms with Crippen molar-refractivity contribution in [3.05, 3.63) is 0 Å². The van der Waals surface area contributed by atoms with Crippen molar-refractivity contribution >= 4 is 69.3 Å². The Morgan fingerprint density at radius 3 is 1.12 bits per heavy atom. The van der Waals surface area contributed by atoms with E-state index in [0.717, 1.165) is 19.9 Å². The Morgan fingerprint density at radius 2 is 1.12 bits per heavy atom. The fourth-order valence-corrected chi connectivity index (χ4v) is 0. The summed E-state index contributed by atoms with van der Waals surface area (Å²) < 4.78 is 0. The van der Waals surface area contributed by atoms with E-state index in [0.29, 0.717) is 0 Å². The summed E-state index contributed by atoms with van der Waals surface area (Å²) in [5.41, 5.74) is 0. The molecular weight excluding hydrogens is 261 g/mol. The summed E-state index contributed by atoms with van der Waals surface area (Å²) in [7, 11) is 0. The fourth-order valence-electron chi connectivity index (χ4n) is 0. The van der Waals surface area contributed by atoms with Crippen molar-refractivity contribution in [2.75, 3.05) is 6.61 Å². The van der Waals surface area contributed by atoms with Crippen LogP contribution in [0.2, 0.25) is 0 Å². The van der Waals surface area contributed by atoms with Crippen LogP contribution in [0.25, 0.3) is 0 Å². The van der Waals surface area contributed by atoms with Crippen molar-refractivity contribution in [2.24, 2.45) is 0 Å². The molecule has 0 atom stereocenters. The third-order valence-electron chi connectivity index (χ3n) is 0.0956. The molecule has 8 nitrogen and oxygen atoms in total. The van der Waals surface area contributed by atoms with E-state index in [4.69, 9.17) is 40.1 Å². The average molecular weight is 277 g/mol. The Morgan fingerprint density at radius 1 is 1.06 bits per heavy atom. The summed E-state index contributed by atoms with van der Waals surface area (Å²) in [6.07, 6.45) is 0. The van der Waals surface area contributed by atoms with Crippen LogP contribution in [-0.2, 0) is 14.4 Å². The molecule has 0 aromatic carbocycles. The van der Waals surface area contributed by atoms with Crippen LogP contribution in [0.3, 0.4) is 0 Å². The number of nitrogens with zero attached hydrogens (tertiary/aromatic N) is 1. The van der Waals surface area contributed by atoms with Gasteiger partial charge < -0.3 is 20.4 Å². The zero-order chi connectivity index (χ0) is 14.1. The summed E-state index contributed by atoms with van der Waals surface area (Å²) in [5, 5.41) is 37.1. The Balaban J connectivity index is -0.0000000375. The van der Waals surface area contributed by atoms with Gasteiger partial charge in [-0.2, -0.15) is 5.26 Å². The van der Waals surface area contributed by atoms with Gasteiger partial charge >= 0.3 is 57.4 Å². The quantitative estimate of drug-likeness (QED) is 0.253. The number of carbonyl (C=O) groups is 3. The molecule has 9 heteroatoms. The van der Waals surface area contributed by atoms with E-state index in [1.54, 1.807) is 6.92 Å². The molecule has 0 aliphatic heterocycles. The molecule has 0 aliphatic carbocycles. The predicted octanol–water partition coefficient (Wildman–Crippen LogP) is -0.874. The van der Waals surface area contributed by atoms with Gasteiger partial charge in [0.05, 0.1) is 0 Å². The molecule has 0 aromatic rings. The van der Waals surface area contributed by atoms with Gasteiger partial charge in [-0.15, -0.1) is 0 Å².